The summed E-state index contributed by atoms with van der Waals surface area (Å²) in [5.74, 6) is 1.06. The van der Waals surface area contributed by atoms with Crippen molar-refractivity contribution >= 4 is 11.5 Å². The van der Waals surface area contributed by atoms with E-state index in [0.29, 0.717) is 6.54 Å². The van der Waals surface area contributed by atoms with Crippen LogP contribution in [0.3, 0.4) is 0 Å². The fourth-order valence-corrected chi connectivity index (χ4v) is 2.94. The van der Waals surface area contributed by atoms with Crippen LogP contribution in [0, 0.1) is 0 Å². The topological polar surface area (TPSA) is 46.6 Å². The lowest BCUT2D eigenvalue weighted by Gasteiger charge is -2.32. The van der Waals surface area contributed by atoms with E-state index in [-0.39, 0.29) is 5.54 Å². The molecule has 0 aromatic carbocycles. The predicted octanol–water partition coefficient (Wildman–Crippen LogP) is 2.17. The van der Waals surface area contributed by atoms with Gasteiger partial charge in [0.05, 0.1) is 5.69 Å². The maximum atomic E-state index is 5.93. The molecule has 0 aliphatic carbocycles. The second-order valence-electron chi connectivity index (χ2n) is 5.58. The molecule has 0 spiro atoms. The van der Waals surface area contributed by atoms with Crippen LogP contribution in [0.25, 0.3) is 5.65 Å². The van der Waals surface area contributed by atoms with Crippen molar-refractivity contribution in [2.45, 2.75) is 38.8 Å². The Kier molecular flexibility index (Phi) is 2.55. The van der Waals surface area contributed by atoms with Crippen LogP contribution in [0.1, 0.15) is 32.4 Å². The summed E-state index contributed by atoms with van der Waals surface area (Å²) in [4.78, 5) is 7.17. The number of fused-ring (bicyclic) bond motifs is 1. The largest absolute Gasteiger partial charge is 0.350 e. The number of aromatic nitrogens is 2. The zero-order valence-electron chi connectivity index (χ0n) is 11.1. The number of nitrogens with zero attached hydrogens (tertiary/aromatic N) is 3. The highest BCUT2D eigenvalue weighted by Gasteiger charge is 2.34. The van der Waals surface area contributed by atoms with Gasteiger partial charge in [-0.05, 0) is 38.8 Å². The minimum Gasteiger partial charge on any atom is -0.350 e. The second kappa shape index (κ2) is 3.99. The van der Waals surface area contributed by atoms with Gasteiger partial charge in [-0.3, -0.25) is 0 Å². The first-order chi connectivity index (χ1) is 8.63. The van der Waals surface area contributed by atoms with E-state index in [1.165, 1.54) is 12.8 Å². The first-order valence-corrected chi connectivity index (χ1v) is 6.57. The molecule has 0 amide bonds. The molecule has 4 nitrogen and oxygen atoms in total. The van der Waals surface area contributed by atoms with Crippen LogP contribution in [0.2, 0.25) is 0 Å². The molecule has 1 aliphatic heterocycles. The molecule has 3 rings (SSSR count). The molecule has 1 saturated heterocycles. The van der Waals surface area contributed by atoms with Crippen LogP contribution in [-0.4, -0.2) is 21.5 Å². The van der Waals surface area contributed by atoms with Gasteiger partial charge in [-0.1, -0.05) is 6.07 Å². The highest BCUT2D eigenvalue weighted by atomic mass is 15.3. The van der Waals surface area contributed by atoms with Crippen LogP contribution in [0.4, 0.5) is 5.82 Å². The summed E-state index contributed by atoms with van der Waals surface area (Å²) >= 11 is 0. The zero-order valence-corrected chi connectivity index (χ0v) is 11.1. The Balaban J connectivity index is 2.17. The molecule has 0 saturated carbocycles. The van der Waals surface area contributed by atoms with Gasteiger partial charge in [-0.25, -0.2) is 4.98 Å². The summed E-state index contributed by atoms with van der Waals surface area (Å²) in [7, 11) is 0. The SMILES string of the molecule is CC1(C)CCCN1c1nc2ccccn2c1CN. The monoisotopic (exact) mass is 244 g/mol. The lowest BCUT2D eigenvalue weighted by molar-refractivity contribution is 0.513. The Morgan fingerprint density at radius 2 is 2.22 bits per heavy atom. The Bertz CT molecular complexity index is 570. The summed E-state index contributed by atoms with van der Waals surface area (Å²) < 4.78 is 2.10. The summed E-state index contributed by atoms with van der Waals surface area (Å²) in [6, 6.07) is 6.07. The molecular formula is C14H20N4. The van der Waals surface area contributed by atoms with Crippen LogP contribution >= 0.6 is 0 Å². The summed E-state index contributed by atoms with van der Waals surface area (Å²) in [6.07, 6.45) is 4.48. The molecule has 0 radical (unpaired) electrons. The average molecular weight is 244 g/mol. The Morgan fingerprint density at radius 1 is 1.39 bits per heavy atom. The van der Waals surface area contributed by atoms with Crippen molar-refractivity contribution in [3.63, 3.8) is 0 Å². The molecule has 0 atom stereocenters. The van der Waals surface area contributed by atoms with Gasteiger partial charge in [0.25, 0.3) is 0 Å². The van der Waals surface area contributed by atoms with E-state index >= 15 is 0 Å². The predicted molar refractivity (Wildman–Crippen MR) is 73.7 cm³/mol. The second-order valence-corrected chi connectivity index (χ2v) is 5.58. The van der Waals surface area contributed by atoms with Gasteiger partial charge in [0.1, 0.15) is 5.65 Å². The number of hydrogen-bond donors (Lipinski definition) is 1. The Hall–Kier alpha value is -1.55. The average Bonchev–Trinajstić information content (AvgIpc) is 2.87. The third-order valence-corrected chi connectivity index (χ3v) is 3.96. The molecule has 18 heavy (non-hydrogen) atoms. The molecule has 1 fully saturated rings. The number of hydrogen-bond acceptors (Lipinski definition) is 3. The fourth-order valence-electron chi connectivity index (χ4n) is 2.94. The van der Waals surface area contributed by atoms with Crippen molar-refractivity contribution in [3.8, 4) is 0 Å². The first kappa shape index (κ1) is 11.5. The van der Waals surface area contributed by atoms with Crippen molar-refractivity contribution in [1.29, 1.82) is 0 Å². The molecule has 2 N–H and O–H groups in total. The Morgan fingerprint density at radius 3 is 2.89 bits per heavy atom. The first-order valence-electron chi connectivity index (χ1n) is 6.57. The summed E-state index contributed by atoms with van der Waals surface area (Å²) in [5, 5.41) is 0. The standard InChI is InChI=1S/C14H20N4/c1-14(2)7-5-9-18(14)13-11(10-15)17-8-4-3-6-12(17)16-13/h3-4,6,8H,5,7,9-10,15H2,1-2H3. The van der Waals surface area contributed by atoms with Crippen LogP contribution in [0.15, 0.2) is 24.4 Å². The van der Waals surface area contributed by atoms with E-state index < -0.39 is 0 Å². The van der Waals surface area contributed by atoms with Crippen molar-refractivity contribution < 1.29 is 0 Å². The van der Waals surface area contributed by atoms with Crippen LogP contribution in [0.5, 0.6) is 0 Å². The molecule has 1 aliphatic rings. The number of rotatable bonds is 2. The lowest BCUT2D eigenvalue weighted by atomic mass is 10.0. The molecule has 2 aromatic rings. The van der Waals surface area contributed by atoms with E-state index in [4.69, 9.17) is 10.7 Å². The van der Waals surface area contributed by atoms with Gasteiger partial charge in [0, 0.05) is 24.8 Å². The third-order valence-electron chi connectivity index (χ3n) is 3.96. The summed E-state index contributed by atoms with van der Waals surface area (Å²) in [6.45, 7) is 6.16. The maximum absolute atomic E-state index is 5.93. The van der Waals surface area contributed by atoms with Crippen molar-refractivity contribution in [2.24, 2.45) is 5.73 Å². The maximum Gasteiger partial charge on any atom is 0.152 e. The quantitative estimate of drug-likeness (QED) is 0.880. The molecule has 0 bridgehead atoms. The lowest BCUT2D eigenvalue weighted by Crippen LogP contribution is -2.39. The van der Waals surface area contributed by atoms with Gasteiger partial charge in [-0.15, -0.1) is 0 Å². The van der Waals surface area contributed by atoms with Gasteiger partial charge < -0.3 is 15.0 Å². The van der Waals surface area contributed by atoms with Gasteiger partial charge >= 0.3 is 0 Å². The van der Waals surface area contributed by atoms with Crippen LogP contribution in [-0.2, 0) is 6.54 Å². The molecule has 4 heteroatoms. The third kappa shape index (κ3) is 1.60. The van der Waals surface area contributed by atoms with Crippen molar-refractivity contribution in [2.75, 3.05) is 11.4 Å². The molecule has 0 unspecified atom stereocenters. The molecule has 3 heterocycles. The fraction of sp³-hybridized carbons (Fsp3) is 0.500. The normalized spacial score (nSPS) is 18.7. The van der Waals surface area contributed by atoms with E-state index in [2.05, 4.69) is 23.1 Å². The number of anilines is 1. The number of nitrogens with two attached hydrogens (primary N) is 1. The molecule has 2 aromatic heterocycles. The van der Waals surface area contributed by atoms with Crippen molar-refractivity contribution in [1.82, 2.24) is 9.38 Å². The van der Waals surface area contributed by atoms with E-state index in [9.17, 15) is 0 Å². The minimum atomic E-state index is 0.182. The van der Waals surface area contributed by atoms with Crippen LogP contribution < -0.4 is 10.6 Å². The van der Waals surface area contributed by atoms with Crippen molar-refractivity contribution in [3.05, 3.63) is 30.1 Å². The highest BCUT2D eigenvalue weighted by molar-refractivity contribution is 5.57. The van der Waals surface area contributed by atoms with Gasteiger partial charge in [0.2, 0.25) is 0 Å². The zero-order chi connectivity index (χ0) is 12.8. The molecular weight excluding hydrogens is 224 g/mol. The van der Waals surface area contributed by atoms with E-state index in [1.807, 2.05) is 24.4 Å². The molecule has 96 valence electrons. The van der Waals surface area contributed by atoms with Gasteiger partial charge in [-0.2, -0.15) is 0 Å². The van der Waals surface area contributed by atoms with E-state index in [1.54, 1.807) is 0 Å². The van der Waals surface area contributed by atoms with E-state index in [0.717, 1.165) is 23.7 Å². The highest BCUT2D eigenvalue weighted by Crippen LogP contribution is 2.35. The number of pyridine rings is 1. The summed E-state index contributed by atoms with van der Waals surface area (Å²) in [5.41, 5.74) is 8.21. The Labute approximate surface area is 107 Å². The van der Waals surface area contributed by atoms with Gasteiger partial charge in [0.15, 0.2) is 5.82 Å². The number of imidazole rings is 1. The minimum absolute atomic E-state index is 0.182. The smallest absolute Gasteiger partial charge is 0.152 e.